The number of likely N-dealkylation sites (tertiary alicyclic amines) is 1. The van der Waals surface area contributed by atoms with Gasteiger partial charge >= 0.3 is 12.1 Å². The Labute approximate surface area is 131 Å². The summed E-state index contributed by atoms with van der Waals surface area (Å²) in [6.45, 7) is 3.94. The monoisotopic (exact) mass is 329 g/mol. The van der Waals surface area contributed by atoms with Gasteiger partial charge in [-0.15, -0.1) is 0 Å². The average molecular weight is 329 g/mol. The molecule has 1 fully saturated rings. The fourth-order valence-electron chi connectivity index (χ4n) is 2.88. The predicted molar refractivity (Wildman–Crippen MR) is 76.9 cm³/mol. The van der Waals surface area contributed by atoms with Crippen molar-refractivity contribution >= 4 is 11.9 Å². The minimum absolute atomic E-state index is 0.0693. The molecule has 1 heterocycles. The number of halogens is 3. The van der Waals surface area contributed by atoms with Gasteiger partial charge < -0.3 is 10.0 Å². The zero-order chi connectivity index (χ0) is 17.4. The van der Waals surface area contributed by atoms with Gasteiger partial charge in [-0.25, -0.2) is 0 Å². The number of carboxylic acid groups (broad SMARTS) is 1. The van der Waals surface area contributed by atoms with E-state index in [2.05, 4.69) is 0 Å². The van der Waals surface area contributed by atoms with Crippen LogP contribution in [0.4, 0.5) is 13.2 Å². The maximum absolute atomic E-state index is 12.5. The fourth-order valence-corrected chi connectivity index (χ4v) is 2.88. The van der Waals surface area contributed by atoms with Crippen molar-refractivity contribution in [3.8, 4) is 0 Å². The van der Waals surface area contributed by atoms with Crippen LogP contribution in [0.3, 0.4) is 0 Å². The molecule has 1 saturated heterocycles. The molecule has 7 heteroatoms. The number of rotatable bonds is 3. The highest BCUT2D eigenvalue weighted by atomic mass is 19.4. The van der Waals surface area contributed by atoms with Crippen LogP contribution in [0.5, 0.6) is 0 Å². The van der Waals surface area contributed by atoms with Crippen LogP contribution >= 0.6 is 0 Å². The fraction of sp³-hybridized carbons (Fsp3) is 0.500. The van der Waals surface area contributed by atoms with Crippen molar-refractivity contribution in [3.05, 3.63) is 35.4 Å². The predicted octanol–water partition coefficient (Wildman–Crippen LogP) is 3.28. The molecular formula is C16H18F3NO3. The second kappa shape index (κ2) is 5.86. The third-order valence-electron chi connectivity index (χ3n) is 4.58. The molecule has 1 aliphatic rings. The number of benzene rings is 1. The van der Waals surface area contributed by atoms with Gasteiger partial charge in [-0.3, -0.25) is 9.59 Å². The molecule has 1 atom stereocenters. The van der Waals surface area contributed by atoms with Crippen molar-refractivity contribution < 1.29 is 27.9 Å². The van der Waals surface area contributed by atoms with E-state index in [1.807, 2.05) is 0 Å². The average Bonchev–Trinajstić information content (AvgIpc) is 2.92. The minimum atomic E-state index is -4.45. The van der Waals surface area contributed by atoms with Crippen LogP contribution in [-0.2, 0) is 11.0 Å². The number of carbonyl (C=O) groups excluding carboxylic acids is 1. The summed E-state index contributed by atoms with van der Waals surface area (Å²) in [5, 5.41) is 9.47. The van der Waals surface area contributed by atoms with E-state index < -0.39 is 29.0 Å². The second-order valence-corrected chi connectivity index (χ2v) is 6.17. The van der Waals surface area contributed by atoms with Crippen LogP contribution < -0.4 is 0 Å². The number of hydrogen-bond donors (Lipinski definition) is 1. The maximum atomic E-state index is 12.5. The molecule has 1 aromatic rings. The molecule has 0 radical (unpaired) electrons. The topological polar surface area (TPSA) is 57.6 Å². The van der Waals surface area contributed by atoms with E-state index in [1.165, 1.54) is 4.90 Å². The third-order valence-corrected chi connectivity index (χ3v) is 4.58. The Morgan fingerprint density at radius 1 is 1.22 bits per heavy atom. The van der Waals surface area contributed by atoms with Gasteiger partial charge in [-0.2, -0.15) is 13.2 Å². The normalized spacial score (nSPS) is 21.7. The zero-order valence-corrected chi connectivity index (χ0v) is 12.9. The van der Waals surface area contributed by atoms with E-state index in [4.69, 9.17) is 0 Å². The van der Waals surface area contributed by atoms with Crippen LogP contribution in [0.2, 0.25) is 0 Å². The molecular weight excluding hydrogens is 311 g/mol. The first-order valence-corrected chi connectivity index (χ1v) is 7.28. The highest BCUT2D eigenvalue weighted by Gasteiger charge is 2.48. The zero-order valence-electron chi connectivity index (χ0n) is 12.9. The molecule has 0 spiro atoms. The number of alkyl halides is 3. The molecule has 126 valence electrons. The quantitative estimate of drug-likeness (QED) is 0.926. The molecule has 1 aliphatic heterocycles. The number of amides is 1. The second-order valence-electron chi connectivity index (χ2n) is 6.17. The molecule has 0 saturated carbocycles. The van der Waals surface area contributed by atoms with Gasteiger partial charge in [0, 0.05) is 18.7 Å². The molecule has 2 rings (SSSR count). The molecule has 1 amide bonds. The molecule has 1 N–H and O–H groups in total. The molecule has 0 aliphatic carbocycles. The van der Waals surface area contributed by atoms with Gasteiger partial charge in [0.25, 0.3) is 5.91 Å². The summed E-state index contributed by atoms with van der Waals surface area (Å²) < 4.78 is 37.6. The first-order chi connectivity index (χ1) is 10.6. The molecule has 4 nitrogen and oxygen atoms in total. The maximum Gasteiger partial charge on any atom is 0.416 e. The Morgan fingerprint density at radius 2 is 1.78 bits per heavy atom. The first-order valence-electron chi connectivity index (χ1n) is 7.28. The number of hydrogen-bond acceptors (Lipinski definition) is 2. The van der Waals surface area contributed by atoms with Crippen LogP contribution in [0.25, 0.3) is 0 Å². The third kappa shape index (κ3) is 3.18. The summed E-state index contributed by atoms with van der Waals surface area (Å²) in [4.78, 5) is 25.4. The molecule has 1 unspecified atom stereocenters. The number of aliphatic carboxylic acids is 1. The van der Waals surface area contributed by atoms with E-state index in [0.717, 1.165) is 24.3 Å². The first kappa shape index (κ1) is 17.3. The van der Waals surface area contributed by atoms with E-state index >= 15 is 0 Å². The van der Waals surface area contributed by atoms with Crippen molar-refractivity contribution in [2.75, 3.05) is 13.1 Å². The van der Waals surface area contributed by atoms with Gasteiger partial charge in [-0.1, -0.05) is 13.8 Å². The summed E-state index contributed by atoms with van der Waals surface area (Å²) in [7, 11) is 0. The standard InChI is InChI=1S/C16H18F3NO3/c1-10(2)15(14(22)23)7-8-20(9-15)13(21)11-3-5-12(6-4-11)16(17,18)19/h3-6,10H,7-9H2,1-2H3,(H,22,23). The van der Waals surface area contributed by atoms with Crippen LogP contribution in [0.15, 0.2) is 24.3 Å². The Bertz CT molecular complexity index is 610. The summed E-state index contributed by atoms with van der Waals surface area (Å²) in [5.74, 6) is -1.54. The SMILES string of the molecule is CC(C)C1(C(=O)O)CCN(C(=O)c2ccc(C(F)(F)F)cc2)C1. The van der Waals surface area contributed by atoms with Gasteiger partial charge in [0.2, 0.25) is 0 Å². The summed E-state index contributed by atoms with van der Waals surface area (Å²) >= 11 is 0. The molecule has 23 heavy (non-hydrogen) atoms. The lowest BCUT2D eigenvalue weighted by Gasteiger charge is -2.28. The van der Waals surface area contributed by atoms with Crippen LogP contribution in [0, 0.1) is 11.3 Å². The highest BCUT2D eigenvalue weighted by molar-refractivity contribution is 5.95. The Kier molecular flexibility index (Phi) is 4.41. The van der Waals surface area contributed by atoms with Crippen molar-refractivity contribution in [3.63, 3.8) is 0 Å². The van der Waals surface area contributed by atoms with Gasteiger partial charge in [0.15, 0.2) is 0 Å². The molecule has 1 aromatic carbocycles. The number of carbonyl (C=O) groups is 2. The van der Waals surface area contributed by atoms with E-state index in [0.29, 0.717) is 6.42 Å². The van der Waals surface area contributed by atoms with E-state index in [-0.39, 0.29) is 24.6 Å². The van der Waals surface area contributed by atoms with Gasteiger partial charge in [0.05, 0.1) is 11.0 Å². The molecule has 0 bridgehead atoms. The van der Waals surface area contributed by atoms with Crippen LogP contribution in [0.1, 0.15) is 36.2 Å². The number of carboxylic acids is 1. The minimum Gasteiger partial charge on any atom is -0.481 e. The van der Waals surface area contributed by atoms with Gasteiger partial charge in [-0.05, 0) is 36.6 Å². The summed E-state index contributed by atoms with van der Waals surface area (Å²) in [6.07, 6.45) is -4.11. The lowest BCUT2D eigenvalue weighted by atomic mass is 9.76. The Morgan fingerprint density at radius 3 is 2.17 bits per heavy atom. The van der Waals surface area contributed by atoms with Crippen molar-refractivity contribution in [1.29, 1.82) is 0 Å². The number of nitrogens with zero attached hydrogens (tertiary/aromatic N) is 1. The largest absolute Gasteiger partial charge is 0.481 e. The Hall–Kier alpha value is -2.05. The summed E-state index contributed by atoms with van der Waals surface area (Å²) in [5.41, 5.74) is -1.69. The Balaban J connectivity index is 2.18. The smallest absolute Gasteiger partial charge is 0.416 e. The van der Waals surface area contributed by atoms with Crippen molar-refractivity contribution in [2.45, 2.75) is 26.4 Å². The van der Waals surface area contributed by atoms with Crippen LogP contribution in [-0.4, -0.2) is 35.0 Å². The highest BCUT2D eigenvalue weighted by Crippen LogP contribution is 2.38. The van der Waals surface area contributed by atoms with E-state index in [1.54, 1.807) is 13.8 Å². The molecule has 0 aromatic heterocycles. The van der Waals surface area contributed by atoms with Crippen molar-refractivity contribution in [1.82, 2.24) is 4.90 Å². The van der Waals surface area contributed by atoms with Crippen molar-refractivity contribution in [2.24, 2.45) is 11.3 Å². The van der Waals surface area contributed by atoms with E-state index in [9.17, 15) is 27.9 Å². The van der Waals surface area contributed by atoms with Gasteiger partial charge in [0.1, 0.15) is 0 Å². The summed E-state index contributed by atoms with van der Waals surface area (Å²) in [6, 6.07) is 3.97. The lowest BCUT2D eigenvalue weighted by Crippen LogP contribution is -2.40. The lowest BCUT2D eigenvalue weighted by molar-refractivity contribution is -0.150.